The van der Waals surface area contributed by atoms with Crippen LogP contribution < -0.4 is 4.90 Å². The highest BCUT2D eigenvalue weighted by molar-refractivity contribution is 6.04. The van der Waals surface area contributed by atoms with Crippen molar-refractivity contribution in [1.29, 1.82) is 0 Å². The lowest BCUT2D eigenvalue weighted by Gasteiger charge is -2.34. The highest BCUT2D eigenvalue weighted by atomic mass is 19.1. The predicted molar refractivity (Wildman–Crippen MR) is 134 cm³/mol. The molecule has 1 aliphatic rings. The Bertz CT molecular complexity index is 1570. The average molecular weight is 473 g/mol. The zero-order valence-electron chi connectivity index (χ0n) is 20.0. The summed E-state index contributed by atoms with van der Waals surface area (Å²) >= 11 is 0. The molecule has 6 nitrogen and oxygen atoms in total. The van der Waals surface area contributed by atoms with E-state index in [-0.39, 0.29) is 11.1 Å². The summed E-state index contributed by atoms with van der Waals surface area (Å²) in [6.45, 7) is 5.25. The number of para-hydroxylation sites is 1. The van der Waals surface area contributed by atoms with Gasteiger partial charge in [0.1, 0.15) is 22.8 Å². The first-order chi connectivity index (χ1) is 16.9. The summed E-state index contributed by atoms with van der Waals surface area (Å²) in [6.07, 6.45) is 7.04. The molecule has 1 atom stereocenters. The van der Waals surface area contributed by atoms with E-state index in [1.54, 1.807) is 17.9 Å². The Balaban J connectivity index is 1.54. The molecule has 0 amide bonds. The zero-order chi connectivity index (χ0) is 24.3. The van der Waals surface area contributed by atoms with E-state index in [4.69, 9.17) is 10.1 Å². The van der Waals surface area contributed by atoms with Gasteiger partial charge in [0, 0.05) is 48.2 Å². The lowest BCUT2D eigenvalue weighted by atomic mass is 10.0. The maximum atomic E-state index is 15.3. The molecule has 0 aliphatic carbocycles. The summed E-state index contributed by atoms with van der Waals surface area (Å²) in [7, 11) is 1.69. The van der Waals surface area contributed by atoms with Crippen LogP contribution in [0.2, 0.25) is 0 Å². The molecule has 0 bridgehead atoms. The van der Waals surface area contributed by atoms with Crippen LogP contribution in [0, 0.1) is 18.6 Å². The van der Waals surface area contributed by atoms with Crippen LogP contribution in [-0.2, 0) is 7.05 Å². The van der Waals surface area contributed by atoms with Crippen molar-refractivity contribution in [2.75, 3.05) is 11.4 Å². The largest absolute Gasteiger partial charge is 0.354 e. The number of aryl methyl sites for hydroxylation is 2. The number of benzene rings is 2. The fourth-order valence-electron chi connectivity index (χ4n) is 5.29. The van der Waals surface area contributed by atoms with E-state index in [1.807, 2.05) is 43.5 Å². The molecular weight excluding hydrogens is 446 g/mol. The van der Waals surface area contributed by atoms with E-state index in [1.165, 1.54) is 23.9 Å². The lowest BCUT2D eigenvalue weighted by molar-refractivity contribution is 0.481. The van der Waals surface area contributed by atoms with Crippen LogP contribution in [0.4, 0.5) is 14.6 Å². The van der Waals surface area contributed by atoms with Crippen molar-refractivity contribution in [2.24, 2.45) is 7.05 Å². The second-order valence-electron chi connectivity index (χ2n) is 9.42. The first kappa shape index (κ1) is 21.7. The number of anilines is 1. The third-order valence-corrected chi connectivity index (χ3v) is 7.03. The third-order valence-electron chi connectivity index (χ3n) is 7.03. The summed E-state index contributed by atoms with van der Waals surface area (Å²) in [5.74, 6) is -0.395. The van der Waals surface area contributed by atoms with Gasteiger partial charge >= 0.3 is 0 Å². The van der Waals surface area contributed by atoms with Crippen molar-refractivity contribution in [3.05, 3.63) is 66.0 Å². The van der Waals surface area contributed by atoms with Gasteiger partial charge in [-0.1, -0.05) is 18.2 Å². The number of nitrogens with zero attached hydrogens (tertiary/aromatic N) is 6. The predicted octanol–water partition coefficient (Wildman–Crippen LogP) is 5.94. The molecule has 0 saturated carbocycles. The van der Waals surface area contributed by atoms with Crippen molar-refractivity contribution in [2.45, 2.75) is 39.2 Å². The first-order valence-electron chi connectivity index (χ1n) is 12.0. The van der Waals surface area contributed by atoms with Crippen LogP contribution >= 0.6 is 0 Å². The van der Waals surface area contributed by atoms with Crippen LogP contribution in [0.15, 0.2) is 48.8 Å². The van der Waals surface area contributed by atoms with Gasteiger partial charge < -0.3 is 4.90 Å². The molecule has 1 saturated heterocycles. The van der Waals surface area contributed by atoms with Gasteiger partial charge in [0.25, 0.3) is 0 Å². The van der Waals surface area contributed by atoms with Crippen LogP contribution in [0.25, 0.3) is 38.8 Å². The summed E-state index contributed by atoms with van der Waals surface area (Å²) in [6, 6.07) is 11.2. The number of piperidine rings is 1. The summed E-state index contributed by atoms with van der Waals surface area (Å²) < 4.78 is 33.0. The van der Waals surface area contributed by atoms with Gasteiger partial charge in [0.2, 0.25) is 0 Å². The van der Waals surface area contributed by atoms with Gasteiger partial charge in [-0.15, -0.1) is 0 Å². The molecule has 3 aromatic heterocycles. The number of fused-ring (bicyclic) bond motifs is 2. The van der Waals surface area contributed by atoms with Gasteiger partial charge in [-0.05, 0) is 50.8 Å². The fourth-order valence-corrected chi connectivity index (χ4v) is 5.29. The average Bonchev–Trinajstić information content (AvgIpc) is 3.42. The molecule has 8 heteroatoms. The lowest BCUT2D eigenvalue weighted by Crippen LogP contribution is -2.37. The van der Waals surface area contributed by atoms with Gasteiger partial charge in [-0.25, -0.2) is 18.4 Å². The Hall–Kier alpha value is -3.81. The SMILES string of the molecule is Cc1cccc2c(-c3c(F)cc(F)c4nn(C)cc34)nn(-c3ccc(N4CCCC[C@H]4C)nc3)c12. The van der Waals surface area contributed by atoms with Crippen LogP contribution in [0.3, 0.4) is 0 Å². The molecule has 2 aromatic carbocycles. The third kappa shape index (κ3) is 3.47. The Morgan fingerprint density at radius 1 is 1.00 bits per heavy atom. The van der Waals surface area contributed by atoms with Crippen molar-refractivity contribution in [1.82, 2.24) is 24.5 Å². The van der Waals surface area contributed by atoms with E-state index in [0.29, 0.717) is 17.1 Å². The minimum atomic E-state index is -0.687. The number of pyridine rings is 1. The highest BCUT2D eigenvalue weighted by Crippen LogP contribution is 2.38. The molecule has 0 N–H and O–H groups in total. The molecule has 0 radical (unpaired) electrons. The topological polar surface area (TPSA) is 51.8 Å². The van der Waals surface area contributed by atoms with Crippen molar-refractivity contribution >= 4 is 27.6 Å². The van der Waals surface area contributed by atoms with E-state index in [9.17, 15) is 4.39 Å². The Morgan fingerprint density at radius 2 is 1.86 bits per heavy atom. The normalized spacial score (nSPS) is 16.5. The standard InChI is InChI=1S/C27H26F2N6/c1-16-7-6-9-19-26(24-20-15-33(3)31-25(20)22(29)13-21(24)28)32-35(27(16)19)18-10-11-23(30-14-18)34-12-5-4-8-17(34)2/h6-7,9-11,13-15,17H,4-5,8,12H2,1-3H3/t17-/m1/s1. The van der Waals surface area contributed by atoms with Crippen LogP contribution in [0.1, 0.15) is 31.7 Å². The van der Waals surface area contributed by atoms with Gasteiger partial charge in [0.05, 0.1) is 17.4 Å². The number of hydrogen-bond donors (Lipinski definition) is 0. The molecule has 4 heterocycles. The quantitative estimate of drug-likeness (QED) is 0.326. The molecule has 0 unspecified atom stereocenters. The van der Waals surface area contributed by atoms with Gasteiger partial charge in [0.15, 0.2) is 5.82 Å². The Kier molecular flexibility index (Phi) is 5.05. The molecule has 1 fully saturated rings. The van der Waals surface area contributed by atoms with E-state index >= 15 is 4.39 Å². The number of hydrogen-bond acceptors (Lipinski definition) is 4. The van der Waals surface area contributed by atoms with E-state index in [2.05, 4.69) is 16.9 Å². The zero-order valence-corrected chi connectivity index (χ0v) is 20.0. The number of rotatable bonds is 3. The second kappa shape index (κ2) is 8.15. The highest BCUT2D eigenvalue weighted by Gasteiger charge is 2.24. The van der Waals surface area contributed by atoms with Crippen molar-refractivity contribution in [3.8, 4) is 16.9 Å². The number of aromatic nitrogens is 5. The summed E-state index contributed by atoms with van der Waals surface area (Å²) in [4.78, 5) is 7.10. The molecule has 6 rings (SSSR count). The molecular formula is C27H26F2N6. The first-order valence-corrected chi connectivity index (χ1v) is 12.0. The number of halogens is 2. The van der Waals surface area contributed by atoms with E-state index < -0.39 is 11.6 Å². The maximum absolute atomic E-state index is 15.3. The second-order valence-corrected chi connectivity index (χ2v) is 9.42. The van der Waals surface area contributed by atoms with Crippen molar-refractivity contribution < 1.29 is 8.78 Å². The fraction of sp³-hybridized carbons (Fsp3) is 0.296. The molecule has 178 valence electrons. The molecule has 1 aliphatic heterocycles. The monoisotopic (exact) mass is 472 g/mol. The van der Waals surface area contributed by atoms with Crippen LogP contribution in [0.5, 0.6) is 0 Å². The minimum absolute atomic E-state index is 0.126. The van der Waals surface area contributed by atoms with Crippen molar-refractivity contribution in [3.63, 3.8) is 0 Å². The van der Waals surface area contributed by atoms with Crippen LogP contribution in [-0.4, -0.2) is 37.1 Å². The Morgan fingerprint density at radius 3 is 2.63 bits per heavy atom. The smallest absolute Gasteiger partial charge is 0.154 e. The summed E-state index contributed by atoms with van der Waals surface area (Å²) in [5.41, 5.74) is 3.47. The molecule has 35 heavy (non-hydrogen) atoms. The van der Waals surface area contributed by atoms with Gasteiger partial charge in [-0.2, -0.15) is 10.2 Å². The maximum Gasteiger partial charge on any atom is 0.154 e. The molecule has 0 spiro atoms. The van der Waals surface area contributed by atoms with Gasteiger partial charge in [-0.3, -0.25) is 4.68 Å². The minimum Gasteiger partial charge on any atom is -0.354 e. The van der Waals surface area contributed by atoms with E-state index in [0.717, 1.165) is 40.6 Å². The summed E-state index contributed by atoms with van der Waals surface area (Å²) in [5, 5.41) is 10.2. The Labute approximate surface area is 201 Å². The molecule has 5 aromatic rings.